The van der Waals surface area contributed by atoms with Crippen molar-refractivity contribution < 1.29 is 4.74 Å². The van der Waals surface area contributed by atoms with Crippen LogP contribution in [0.4, 0.5) is 5.82 Å². The zero-order valence-electron chi connectivity index (χ0n) is 13.4. The maximum absolute atomic E-state index is 5.95. The van der Waals surface area contributed by atoms with Gasteiger partial charge >= 0.3 is 0 Å². The Morgan fingerprint density at radius 2 is 1.76 bits per heavy atom. The second-order valence-corrected chi connectivity index (χ2v) is 5.46. The van der Waals surface area contributed by atoms with Gasteiger partial charge in [0, 0.05) is 12.5 Å². The van der Waals surface area contributed by atoms with Crippen molar-refractivity contribution >= 4 is 5.82 Å². The predicted molar refractivity (Wildman–Crippen MR) is 86.3 cm³/mol. The number of anilines is 1. The molecular weight excluding hydrogens is 262 g/mol. The Labute approximate surface area is 126 Å². The lowest BCUT2D eigenvalue weighted by molar-refractivity contribution is 0.453. The first-order chi connectivity index (χ1) is 10.0. The van der Waals surface area contributed by atoms with E-state index in [2.05, 4.69) is 43.0 Å². The molecule has 1 aromatic heterocycles. The fraction of sp³-hybridized carbons (Fsp3) is 0.412. The van der Waals surface area contributed by atoms with Gasteiger partial charge in [-0.25, -0.2) is 4.98 Å². The molecule has 1 heterocycles. The van der Waals surface area contributed by atoms with E-state index in [9.17, 15) is 0 Å². The van der Waals surface area contributed by atoms with Crippen molar-refractivity contribution in [2.45, 2.75) is 40.5 Å². The number of nitrogens with one attached hydrogen (secondary N) is 1. The number of ether oxygens (including phenoxy) is 1. The van der Waals surface area contributed by atoms with Crippen LogP contribution < -0.4 is 10.1 Å². The lowest BCUT2D eigenvalue weighted by Gasteiger charge is -2.15. The fourth-order valence-corrected chi connectivity index (χ4v) is 1.93. The van der Waals surface area contributed by atoms with Crippen molar-refractivity contribution in [2.75, 3.05) is 11.9 Å². The SMILES string of the molecule is CCNc1nc(C(C)C)nc(Oc2ccc(C)cc2)c1C. The average Bonchev–Trinajstić information content (AvgIpc) is 2.45. The van der Waals surface area contributed by atoms with Gasteiger partial charge in [-0.1, -0.05) is 31.5 Å². The van der Waals surface area contributed by atoms with E-state index >= 15 is 0 Å². The van der Waals surface area contributed by atoms with E-state index in [4.69, 9.17) is 4.74 Å². The molecular formula is C17H23N3O. The largest absolute Gasteiger partial charge is 0.439 e. The van der Waals surface area contributed by atoms with E-state index in [1.54, 1.807) is 0 Å². The van der Waals surface area contributed by atoms with Crippen molar-refractivity contribution in [3.63, 3.8) is 0 Å². The first-order valence-corrected chi connectivity index (χ1v) is 7.38. The number of benzene rings is 1. The maximum Gasteiger partial charge on any atom is 0.227 e. The first kappa shape index (κ1) is 15.3. The number of nitrogens with zero attached hydrogens (tertiary/aromatic N) is 2. The lowest BCUT2D eigenvalue weighted by atomic mass is 10.2. The third kappa shape index (κ3) is 3.72. The molecule has 0 unspecified atom stereocenters. The number of hydrogen-bond donors (Lipinski definition) is 1. The van der Waals surface area contributed by atoms with Crippen LogP contribution in [0.15, 0.2) is 24.3 Å². The van der Waals surface area contributed by atoms with E-state index in [-0.39, 0.29) is 5.92 Å². The van der Waals surface area contributed by atoms with Crippen molar-refractivity contribution in [3.05, 3.63) is 41.2 Å². The second kappa shape index (κ2) is 6.57. The summed E-state index contributed by atoms with van der Waals surface area (Å²) in [6, 6.07) is 7.97. The summed E-state index contributed by atoms with van der Waals surface area (Å²) in [4.78, 5) is 9.13. The normalized spacial score (nSPS) is 10.8. The lowest BCUT2D eigenvalue weighted by Crippen LogP contribution is -2.08. The number of rotatable bonds is 5. The summed E-state index contributed by atoms with van der Waals surface area (Å²) in [5.41, 5.74) is 2.14. The maximum atomic E-state index is 5.95. The van der Waals surface area contributed by atoms with Crippen LogP contribution in [0.5, 0.6) is 11.6 Å². The topological polar surface area (TPSA) is 47.0 Å². The molecule has 1 N–H and O–H groups in total. The third-order valence-electron chi connectivity index (χ3n) is 3.21. The molecule has 0 aliphatic heterocycles. The van der Waals surface area contributed by atoms with Gasteiger partial charge in [-0.15, -0.1) is 0 Å². The fourth-order valence-electron chi connectivity index (χ4n) is 1.93. The van der Waals surface area contributed by atoms with Crippen LogP contribution in [0, 0.1) is 13.8 Å². The van der Waals surface area contributed by atoms with E-state index in [1.807, 2.05) is 31.2 Å². The summed E-state index contributed by atoms with van der Waals surface area (Å²) in [5.74, 6) is 3.30. The Balaban J connectivity index is 2.38. The molecule has 0 radical (unpaired) electrons. The smallest absolute Gasteiger partial charge is 0.227 e. The monoisotopic (exact) mass is 285 g/mol. The molecule has 2 rings (SSSR count). The van der Waals surface area contributed by atoms with Crippen LogP contribution in [0.1, 0.15) is 43.6 Å². The van der Waals surface area contributed by atoms with Gasteiger partial charge in [0.25, 0.3) is 0 Å². The highest BCUT2D eigenvalue weighted by atomic mass is 16.5. The Morgan fingerprint density at radius 3 is 2.33 bits per heavy atom. The molecule has 0 bridgehead atoms. The van der Waals surface area contributed by atoms with Gasteiger partial charge in [0.15, 0.2) is 0 Å². The summed E-state index contributed by atoms with van der Waals surface area (Å²) in [5, 5.41) is 3.28. The van der Waals surface area contributed by atoms with E-state index < -0.39 is 0 Å². The van der Waals surface area contributed by atoms with Crippen LogP contribution in [0.25, 0.3) is 0 Å². The van der Waals surface area contributed by atoms with Crippen LogP contribution in [-0.4, -0.2) is 16.5 Å². The molecule has 0 atom stereocenters. The molecule has 0 saturated carbocycles. The minimum absolute atomic E-state index is 0.253. The van der Waals surface area contributed by atoms with Crippen LogP contribution >= 0.6 is 0 Å². The Hall–Kier alpha value is -2.10. The van der Waals surface area contributed by atoms with Gasteiger partial charge in [0.2, 0.25) is 5.88 Å². The first-order valence-electron chi connectivity index (χ1n) is 7.38. The standard InChI is InChI=1S/C17H23N3O/c1-6-18-16-13(5)17(20-15(19-16)11(2)3)21-14-9-7-12(4)8-10-14/h7-11H,6H2,1-5H3,(H,18,19,20). The molecule has 112 valence electrons. The molecule has 21 heavy (non-hydrogen) atoms. The van der Waals surface area contributed by atoms with Gasteiger partial charge in [0.1, 0.15) is 17.4 Å². The van der Waals surface area contributed by atoms with E-state index in [0.29, 0.717) is 5.88 Å². The predicted octanol–water partition coefficient (Wildman–Crippen LogP) is 4.44. The van der Waals surface area contributed by atoms with Crippen LogP contribution in [-0.2, 0) is 0 Å². The number of hydrogen-bond acceptors (Lipinski definition) is 4. The summed E-state index contributed by atoms with van der Waals surface area (Å²) >= 11 is 0. The van der Waals surface area contributed by atoms with Gasteiger partial charge in [0.05, 0.1) is 5.56 Å². The zero-order valence-corrected chi connectivity index (χ0v) is 13.4. The van der Waals surface area contributed by atoms with Crippen molar-refractivity contribution in [1.82, 2.24) is 9.97 Å². The second-order valence-electron chi connectivity index (χ2n) is 5.46. The molecule has 0 amide bonds. The summed E-state index contributed by atoms with van der Waals surface area (Å²) in [7, 11) is 0. The molecule has 0 aliphatic carbocycles. The Bertz CT molecular complexity index is 606. The molecule has 0 aliphatic rings. The molecule has 0 spiro atoms. The third-order valence-corrected chi connectivity index (χ3v) is 3.21. The highest BCUT2D eigenvalue weighted by Crippen LogP contribution is 2.28. The minimum Gasteiger partial charge on any atom is -0.439 e. The molecule has 1 aromatic carbocycles. The van der Waals surface area contributed by atoms with Gasteiger partial charge in [-0.05, 0) is 32.9 Å². The van der Waals surface area contributed by atoms with Gasteiger partial charge < -0.3 is 10.1 Å². The van der Waals surface area contributed by atoms with E-state index in [0.717, 1.165) is 29.5 Å². The highest BCUT2D eigenvalue weighted by Gasteiger charge is 2.14. The average molecular weight is 285 g/mol. The Morgan fingerprint density at radius 1 is 1.10 bits per heavy atom. The zero-order chi connectivity index (χ0) is 15.4. The molecule has 0 fully saturated rings. The number of aromatic nitrogens is 2. The van der Waals surface area contributed by atoms with Gasteiger partial charge in [-0.3, -0.25) is 0 Å². The quantitative estimate of drug-likeness (QED) is 0.882. The Kier molecular flexibility index (Phi) is 4.78. The number of aryl methyl sites for hydroxylation is 1. The van der Waals surface area contributed by atoms with Crippen molar-refractivity contribution in [2.24, 2.45) is 0 Å². The molecule has 2 aromatic rings. The van der Waals surface area contributed by atoms with Crippen molar-refractivity contribution in [1.29, 1.82) is 0 Å². The summed E-state index contributed by atoms with van der Waals surface area (Å²) in [6.45, 7) is 11.1. The van der Waals surface area contributed by atoms with Crippen LogP contribution in [0.3, 0.4) is 0 Å². The minimum atomic E-state index is 0.253. The van der Waals surface area contributed by atoms with E-state index in [1.165, 1.54) is 5.56 Å². The van der Waals surface area contributed by atoms with Gasteiger partial charge in [-0.2, -0.15) is 4.98 Å². The summed E-state index contributed by atoms with van der Waals surface area (Å²) in [6.07, 6.45) is 0. The molecule has 4 nitrogen and oxygen atoms in total. The van der Waals surface area contributed by atoms with Crippen molar-refractivity contribution in [3.8, 4) is 11.6 Å². The highest BCUT2D eigenvalue weighted by molar-refractivity contribution is 5.49. The molecule has 4 heteroatoms. The molecule has 0 saturated heterocycles. The van der Waals surface area contributed by atoms with Crippen LogP contribution in [0.2, 0.25) is 0 Å². The summed E-state index contributed by atoms with van der Waals surface area (Å²) < 4.78 is 5.95.